The third-order valence-electron chi connectivity index (χ3n) is 4.15. The third-order valence-corrected chi connectivity index (χ3v) is 4.90. The minimum atomic E-state index is -0.887. The maximum atomic E-state index is 12.5. The first-order chi connectivity index (χ1) is 12.3. The number of benzene rings is 2. The number of nitrogens with one attached hydrogen (secondary N) is 1. The van der Waals surface area contributed by atoms with E-state index in [1.807, 2.05) is 43.5 Å². The molecule has 0 unspecified atom stereocenters. The number of hydrogen-bond donors (Lipinski definition) is 1. The first-order valence-corrected chi connectivity index (χ1v) is 9.81. The van der Waals surface area contributed by atoms with Crippen molar-refractivity contribution in [3.05, 3.63) is 59.2 Å². The largest absolute Gasteiger partial charge is 0.449 e. The average Bonchev–Trinajstić information content (AvgIpc) is 2.62. The van der Waals surface area contributed by atoms with Crippen molar-refractivity contribution in [3.8, 4) is 0 Å². The van der Waals surface area contributed by atoms with E-state index in [0.717, 1.165) is 21.7 Å². The van der Waals surface area contributed by atoms with Crippen molar-refractivity contribution >= 4 is 29.3 Å². The van der Waals surface area contributed by atoms with Crippen molar-refractivity contribution in [2.24, 2.45) is 0 Å². The molecule has 1 amide bonds. The molecule has 1 atom stereocenters. The molecule has 1 N–H and O–H groups in total. The van der Waals surface area contributed by atoms with Crippen LogP contribution < -0.4 is 5.32 Å². The molecule has 26 heavy (non-hydrogen) atoms. The summed E-state index contributed by atoms with van der Waals surface area (Å²) in [6.45, 7) is 7.68. The smallest absolute Gasteiger partial charge is 0.338 e. The van der Waals surface area contributed by atoms with Crippen molar-refractivity contribution in [2.75, 3.05) is 11.6 Å². The monoisotopic (exact) mass is 371 g/mol. The van der Waals surface area contributed by atoms with Gasteiger partial charge in [0.15, 0.2) is 6.10 Å². The average molecular weight is 372 g/mol. The van der Waals surface area contributed by atoms with Gasteiger partial charge in [0.1, 0.15) is 0 Å². The molecule has 0 radical (unpaired) electrons. The summed E-state index contributed by atoms with van der Waals surface area (Å²) >= 11 is 1.60. The number of aryl methyl sites for hydroxylation is 1. The summed E-state index contributed by atoms with van der Waals surface area (Å²) in [4.78, 5) is 25.8. The highest BCUT2D eigenvalue weighted by molar-refractivity contribution is 7.98. The SMILES string of the molecule is CSc1ccc(C(=O)O[C@H](C)C(=O)Nc2c(C)cccc2C(C)C)cc1. The fourth-order valence-electron chi connectivity index (χ4n) is 2.58. The van der Waals surface area contributed by atoms with E-state index in [9.17, 15) is 9.59 Å². The van der Waals surface area contributed by atoms with Gasteiger partial charge < -0.3 is 10.1 Å². The molecule has 0 aliphatic carbocycles. The summed E-state index contributed by atoms with van der Waals surface area (Å²) < 4.78 is 5.33. The molecule has 0 bridgehead atoms. The van der Waals surface area contributed by atoms with Crippen LogP contribution in [-0.2, 0) is 9.53 Å². The quantitative estimate of drug-likeness (QED) is 0.572. The maximum absolute atomic E-state index is 12.5. The lowest BCUT2D eigenvalue weighted by Gasteiger charge is -2.19. The zero-order valence-corrected chi connectivity index (χ0v) is 16.6. The third kappa shape index (κ3) is 4.88. The summed E-state index contributed by atoms with van der Waals surface area (Å²) in [6, 6.07) is 13.0. The zero-order chi connectivity index (χ0) is 19.3. The van der Waals surface area contributed by atoms with Crippen LogP contribution in [-0.4, -0.2) is 24.2 Å². The Morgan fingerprint density at radius 1 is 1.04 bits per heavy atom. The zero-order valence-electron chi connectivity index (χ0n) is 15.8. The lowest BCUT2D eigenvalue weighted by Crippen LogP contribution is -2.30. The number of anilines is 1. The Morgan fingerprint density at radius 3 is 2.27 bits per heavy atom. The molecule has 4 nitrogen and oxygen atoms in total. The molecule has 0 heterocycles. The molecule has 0 aliphatic rings. The molecule has 0 saturated heterocycles. The highest BCUT2D eigenvalue weighted by Crippen LogP contribution is 2.27. The van der Waals surface area contributed by atoms with E-state index in [1.165, 1.54) is 0 Å². The van der Waals surface area contributed by atoms with Gasteiger partial charge in [0.25, 0.3) is 5.91 Å². The van der Waals surface area contributed by atoms with Crippen molar-refractivity contribution in [2.45, 2.75) is 44.6 Å². The number of ether oxygens (including phenoxy) is 1. The van der Waals surface area contributed by atoms with E-state index in [1.54, 1.807) is 30.8 Å². The molecular formula is C21H25NO3S. The number of para-hydroxylation sites is 1. The van der Waals surface area contributed by atoms with Gasteiger partial charge in [-0.05, 0) is 61.4 Å². The van der Waals surface area contributed by atoms with Crippen molar-refractivity contribution in [1.29, 1.82) is 0 Å². The molecule has 5 heteroatoms. The number of rotatable bonds is 6. The minimum Gasteiger partial charge on any atom is -0.449 e. The Hall–Kier alpha value is -2.27. The summed E-state index contributed by atoms with van der Waals surface area (Å²) in [7, 11) is 0. The van der Waals surface area contributed by atoms with E-state index >= 15 is 0 Å². The normalized spacial score (nSPS) is 11.9. The predicted octanol–water partition coefficient (Wildman–Crippen LogP) is 5.02. The number of amides is 1. The van der Waals surface area contributed by atoms with E-state index in [2.05, 4.69) is 19.2 Å². The van der Waals surface area contributed by atoms with Crippen LogP contribution >= 0.6 is 11.8 Å². The van der Waals surface area contributed by atoms with Gasteiger partial charge in [-0.3, -0.25) is 4.79 Å². The Balaban J connectivity index is 2.07. The fourth-order valence-corrected chi connectivity index (χ4v) is 2.98. The maximum Gasteiger partial charge on any atom is 0.338 e. The molecule has 0 aromatic heterocycles. The number of thioether (sulfide) groups is 1. The molecule has 2 aromatic carbocycles. The molecule has 0 fully saturated rings. The van der Waals surface area contributed by atoms with Crippen LogP contribution in [0.5, 0.6) is 0 Å². The lowest BCUT2D eigenvalue weighted by molar-refractivity contribution is -0.123. The van der Waals surface area contributed by atoms with E-state index < -0.39 is 12.1 Å². The van der Waals surface area contributed by atoms with Crippen LogP contribution in [0.4, 0.5) is 5.69 Å². The minimum absolute atomic E-state index is 0.276. The Bertz CT molecular complexity index is 784. The van der Waals surface area contributed by atoms with Crippen LogP contribution in [0.2, 0.25) is 0 Å². The molecule has 138 valence electrons. The summed E-state index contributed by atoms with van der Waals surface area (Å²) in [5.41, 5.74) is 3.26. The number of hydrogen-bond acceptors (Lipinski definition) is 4. The van der Waals surface area contributed by atoms with Gasteiger partial charge in [-0.1, -0.05) is 32.0 Å². The van der Waals surface area contributed by atoms with Gasteiger partial charge in [0.2, 0.25) is 0 Å². The van der Waals surface area contributed by atoms with Gasteiger partial charge >= 0.3 is 5.97 Å². The van der Waals surface area contributed by atoms with Gasteiger partial charge in [-0.25, -0.2) is 4.79 Å². The summed E-state index contributed by atoms with van der Waals surface area (Å²) in [5.74, 6) is -0.567. The molecule has 2 rings (SSSR count). The van der Waals surface area contributed by atoms with Crippen LogP contribution in [0.25, 0.3) is 0 Å². The van der Waals surface area contributed by atoms with Gasteiger partial charge in [0.05, 0.1) is 5.56 Å². The Morgan fingerprint density at radius 2 is 1.69 bits per heavy atom. The number of esters is 1. The molecule has 0 aliphatic heterocycles. The van der Waals surface area contributed by atoms with Crippen molar-refractivity contribution in [3.63, 3.8) is 0 Å². The number of carbonyl (C=O) groups excluding carboxylic acids is 2. The Kier molecular flexibility index (Phi) is 6.86. The second-order valence-corrected chi connectivity index (χ2v) is 7.34. The number of carbonyl (C=O) groups is 2. The van der Waals surface area contributed by atoms with Crippen LogP contribution in [0.15, 0.2) is 47.4 Å². The van der Waals surface area contributed by atoms with Crippen LogP contribution in [0.3, 0.4) is 0 Å². The van der Waals surface area contributed by atoms with Crippen LogP contribution in [0.1, 0.15) is 48.2 Å². The molecule has 0 spiro atoms. The predicted molar refractivity (Wildman–Crippen MR) is 107 cm³/mol. The second kappa shape index (κ2) is 8.90. The molecule has 0 saturated carbocycles. The van der Waals surface area contributed by atoms with Gasteiger partial charge in [-0.15, -0.1) is 11.8 Å². The second-order valence-electron chi connectivity index (χ2n) is 6.46. The van der Waals surface area contributed by atoms with E-state index in [0.29, 0.717) is 5.56 Å². The van der Waals surface area contributed by atoms with Gasteiger partial charge in [0, 0.05) is 10.6 Å². The van der Waals surface area contributed by atoms with Gasteiger partial charge in [-0.2, -0.15) is 0 Å². The fraction of sp³-hybridized carbons (Fsp3) is 0.333. The Labute approximate surface area is 159 Å². The lowest BCUT2D eigenvalue weighted by atomic mass is 9.98. The highest BCUT2D eigenvalue weighted by Gasteiger charge is 2.21. The van der Waals surface area contributed by atoms with Crippen molar-refractivity contribution in [1.82, 2.24) is 0 Å². The topological polar surface area (TPSA) is 55.4 Å². The summed E-state index contributed by atoms with van der Waals surface area (Å²) in [5, 5.41) is 2.92. The first-order valence-electron chi connectivity index (χ1n) is 8.59. The van der Waals surface area contributed by atoms with Crippen molar-refractivity contribution < 1.29 is 14.3 Å². The molecular weight excluding hydrogens is 346 g/mol. The van der Waals surface area contributed by atoms with E-state index in [4.69, 9.17) is 4.74 Å². The molecule has 2 aromatic rings. The van der Waals surface area contributed by atoms with E-state index in [-0.39, 0.29) is 11.8 Å². The highest BCUT2D eigenvalue weighted by atomic mass is 32.2. The van der Waals surface area contributed by atoms with Crippen LogP contribution in [0, 0.1) is 6.92 Å². The summed E-state index contributed by atoms with van der Waals surface area (Å²) in [6.07, 6.45) is 1.08. The standard InChI is InChI=1S/C21H25NO3S/c1-13(2)18-8-6-7-14(3)19(18)22-20(23)15(4)25-21(24)16-9-11-17(26-5)12-10-16/h6-13,15H,1-5H3,(H,22,23)/t15-/m1/s1. The first kappa shape index (κ1) is 20.0.